The Morgan fingerprint density at radius 1 is 1.16 bits per heavy atom. The number of fused-ring (bicyclic) bond motifs is 1. The molecule has 1 heterocycles. The standard InChI is InChI=1S/C18H16F3N3O/c1-2-15(25)24-16(11-6-4-3-5-7-11)12-8-9-13-14(10-12)23-17(22-13)18(19,20)21/h3-10,16H,2H2,1H3,(H,22,23)(H,24,25)/t16-/m1/s1. The molecule has 1 aromatic heterocycles. The minimum absolute atomic E-state index is 0.144. The summed E-state index contributed by atoms with van der Waals surface area (Å²) < 4.78 is 38.5. The van der Waals surface area contributed by atoms with Gasteiger partial charge in [-0.2, -0.15) is 13.2 Å². The number of nitrogens with one attached hydrogen (secondary N) is 2. The van der Waals surface area contributed by atoms with Gasteiger partial charge in [0, 0.05) is 6.42 Å². The van der Waals surface area contributed by atoms with Crippen LogP contribution in [0.4, 0.5) is 13.2 Å². The predicted octanol–water partition coefficient (Wildman–Crippen LogP) is 4.20. The van der Waals surface area contributed by atoms with Gasteiger partial charge in [0.15, 0.2) is 0 Å². The maximum absolute atomic E-state index is 12.8. The maximum atomic E-state index is 12.8. The number of imidazole rings is 1. The third-order valence-electron chi connectivity index (χ3n) is 3.87. The van der Waals surface area contributed by atoms with E-state index in [4.69, 9.17) is 0 Å². The van der Waals surface area contributed by atoms with Crippen LogP contribution in [0.5, 0.6) is 0 Å². The van der Waals surface area contributed by atoms with E-state index in [0.717, 1.165) is 5.56 Å². The van der Waals surface area contributed by atoms with Gasteiger partial charge in [-0.05, 0) is 23.3 Å². The summed E-state index contributed by atoms with van der Waals surface area (Å²) in [5.41, 5.74) is 2.03. The Kier molecular flexibility index (Phi) is 4.48. The summed E-state index contributed by atoms with van der Waals surface area (Å²) in [5.74, 6) is -1.18. The van der Waals surface area contributed by atoms with Gasteiger partial charge in [-0.3, -0.25) is 4.79 Å². The highest BCUT2D eigenvalue weighted by molar-refractivity contribution is 5.78. The smallest absolute Gasteiger partial charge is 0.345 e. The quantitative estimate of drug-likeness (QED) is 0.743. The van der Waals surface area contributed by atoms with E-state index < -0.39 is 18.0 Å². The van der Waals surface area contributed by atoms with Crippen LogP contribution in [0.3, 0.4) is 0 Å². The molecule has 25 heavy (non-hydrogen) atoms. The Labute approximate surface area is 142 Å². The molecule has 0 aliphatic heterocycles. The molecule has 2 N–H and O–H groups in total. The lowest BCUT2D eigenvalue weighted by molar-refractivity contribution is -0.144. The van der Waals surface area contributed by atoms with Gasteiger partial charge in [-0.15, -0.1) is 0 Å². The van der Waals surface area contributed by atoms with Gasteiger partial charge in [0.25, 0.3) is 0 Å². The lowest BCUT2D eigenvalue weighted by Crippen LogP contribution is -2.28. The Morgan fingerprint density at radius 2 is 1.88 bits per heavy atom. The fourth-order valence-electron chi connectivity index (χ4n) is 2.61. The summed E-state index contributed by atoms with van der Waals surface area (Å²) in [6.45, 7) is 1.74. The van der Waals surface area contributed by atoms with Crippen molar-refractivity contribution in [2.24, 2.45) is 0 Å². The highest BCUT2D eigenvalue weighted by Gasteiger charge is 2.34. The first-order valence-electron chi connectivity index (χ1n) is 7.79. The van der Waals surface area contributed by atoms with E-state index in [1.165, 1.54) is 6.07 Å². The van der Waals surface area contributed by atoms with E-state index >= 15 is 0 Å². The molecule has 4 nitrogen and oxygen atoms in total. The van der Waals surface area contributed by atoms with Crippen LogP contribution >= 0.6 is 0 Å². The number of halogens is 3. The van der Waals surface area contributed by atoms with Gasteiger partial charge < -0.3 is 10.3 Å². The Morgan fingerprint density at radius 3 is 2.52 bits per heavy atom. The minimum Gasteiger partial charge on any atom is -0.345 e. The van der Waals surface area contributed by atoms with Crippen molar-refractivity contribution in [3.63, 3.8) is 0 Å². The zero-order valence-corrected chi connectivity index (χ0v) is 13.4. The molecule has 0 saturated carbocycles. The molecule has 3 aromatic rings. The number of carbonyl (C=O) groups is 1. The number of H-pyrrole nitrogens is 1. The van der Waals surface area contributed by atoms with Crippen LogP contribution in [-0.2, 0) is 11.0 Å². The zero-order valence-electron chi connectivity index (χ0n) is 13.4. The molecule has 1 atom stereocenters. The topological polar surface area (TPSA) is 57.8 Å². The molecule has 0 aliphatic carbocycles. The van der Waals surface area contributed by atoms with Gasteiger partial charge in [0.1, 0.15) is 0 Å². The number of hydrogen-bond donors (Lipinski definition) is 2. The first kappa shape index (κ1) is 17.0. The number of carbonyl (C=O) groups excluding carboxylic acids is 1. The largest absolute Gasteiger partial charge is 0.449 e. The number of rotatable bonds is 4. The molecule has 1 amide bonds. The van der Waals surface area contributed by atoms with E-state index in [1.807, 2.05) is 30.3 Å². The fourth-order valence-corrected chi connectivity index (χ4v) is 2.61. The molecule has 0 spiro atoms. The highest BCUT2D eigenvalue weighted by Crippen LogP contribution is 2.30. The van der Waals surface area contributed by atoms with Crippen LogP contribution in [0, 0.1) is 0 Å². The van der Waals surface area contributed by atoms with Crippen molar-refractivity contribution in [2.45, 2.75) is 25.6 Å². The first-order chi connectivity index (χ1) is 11.9. The average Bonchev–Trinajstić information content (AvgIpc) is 3.03. The molecule has 3 rings (SSSR count). The van der Waals surface area contributed by atoms with Gasteiger partial charge in [-0.25, -0.2) is 4.98 Å². The normalized spacial score (nSPS) is 13.0. The molecular formula is C18H16F3N3O. The number of amides is 1. The monoisotopic (exact) mass is 347 g/mol. The average molecular weight is 347 g/mol. The fraction of sp³-hybridized carbons (Fsp3) is 0.222. The molecule has 0 unspecified atom stereocenters. The van der Waals surface area contributed by atoms with E-state index in [1.54, 1.807) is 19.1 Å². The van der Waals surface area contributed by atoms with Crippen LogP contribution in [0.25, 0.3) is 11.0 Å². The van der Waals surface area contributed by atoms with Crippen molar-refractivity contribution in [1.82, 2.24) is 15.3 Å². The van der Waals surface area contributed by atoms with E-state index in [2.05, 4.69) is 15.3 Å². The van der Waals surface area contributed by atoms with Crippen LogP contribution in [-0.4, -0.2) is 15.9 Å². The van der Waals surface area contributed by atoms with E-state index in [-0.39, 0.29) is 16.9 Å². The SMILES string of the molecule is CCC(=O)N[C@H](c1ccccc1)c1ccc2nc(C(F)(F)F)[nH]c2c1. The highest BCUT2D eigenvalue weighted by atomic mass is 19.4. The minimum atomic E-state index is -4.53. The predicted molar refractivity (Wildman–Crippen MR) is 87.8 cm³/mol. The Hall–Kier alpha value is -2.83. The Bertz CT molecular complexity index is 887. The molecule has 2 aromatic carbocycles. The lowest BCUT2D eigenvalue weighted by atomic mass is 9.98. The number of nitrogens with zero attached hydrogens (tertiary/aromatic N) is 1. The molecule has 7 heteroatoms. The van der Waals surface area contributed by atoms with Gasteiger partial charge in [0.05, 0.1) is 17.1 Å². The zero-order chi connectivity index (χ0) is 18.0. The van der Waals surface area contributed by atoms with Gasteiger partial charge >= 0.3 is 6.18 Å². The number of aromatic amines is 1. The van der Waals surface area contributed by atoms with Crippen LogP contribution in [0.15, 0.2) is 48.5 Å². The van der Waals surface area contributed by atoms with E-state index in [9.17, 15) is 18.0 Å². The summed E-state index contributed by atoms with van der Waals surface area (Å²) in [6.07, 6.45) is -4.22. The molecule has 0 radical (unpaired) electrons. The van der Waals surface area contributed by atoms with Crippen molar-refractivity contribution in [3.05, 3.63) is 65.5 Å². The van der Waals surface area contributed by atoms with Crippen LogP contribution < -0.4 is 5.32 Å². The first-order valence-corrected chi connectivity index (χ1v) is 7.79. The molecule has 130 valence electrons. The second-order valence-corrected chi connectivity index (χ2v) is 5.62. The second-order valence-electron chi connectivity index (χ2n) is 5.62. The van der Waals surface area contributed by atoms with E-state index in [0.29, 0.717) is 12.0 Å². The summed E-state index contributed by atoms with van der Waals surface area (Å²) >= 11 is 0. The summed E-state index contributed by atoms with van der Waals surface area (Å²) in [5, 5.41) is 2.91. The van der Waals surface area contributed by atoms with Crippen molar-refractivity contribution in [2.75, 3.05) is 0 Å². The van der Waals surface area contributed by atoms with Crippen molar-refractivity contribution < 1.29 is 18.0 Å². The molecule has 0 aliphatic rings. The number of benzene rings is 2. The molecular weight excluding hydrogens is 331 g/mol. The lowest BCUT2D eigenvalue weighted by Gasteiger charge is -2.19. The summed E-state index contributed by atoms with van der Waals surface area (Å²) in [6, 6.07) is 13.6. The molecule has 0 saturated heterocycles. The third kappa shape index (κ3) is 3.65. The molecule has 0 fully saturated rings. The van der Waals surface area contributed by atoms with Crippen LogP contribution in [0.2, 0.25) is 0 Å². The van der Waals surface area contributed by atoms with Gasteiger partial charge in [-0.1, -0.05) is 43.3 Å². The summed E-state index contributed by atoms with van der Waals surface area (Å²) in [4.78, 5) is 17.8. The van der Waals surface area contributed by atoms with Crippen molar-refractivity contribution >= 4 is 16.9 Å². The van der Waals surface area contributed by atoms with Crippen LogP contribution in [0.1, 0.15) is 36.3 Å². The summed E-state index contributed by atoms with van der Waals surface area (Å²) in [7, 11) is 0. The third-order valence-corrected chi connectivity index (χ3v) is 3.87. The molecule has 0 bridgehead atoms. The van der Waals surface area contributed by atoms with Crippen molar-refractivity contribution in [1.29, 1.82) is 0 Å². The number of alkyl halides is 3. The number of aromatic nitrogens is 2. The Balaban J connectivity index is 2.04. The second kappa shape index (κ2) is 6.58. The van der Waals surface area contributed by atoms with Gasteiger partial charge in [0.2, 0.25) is 11.7 Å². The van der Waals surface area contributed by atoms with Crippen molar-refractivity contribution in [3.8, 4) is 0 Å². The number of hydrogen-bond acceptors (Lipinski definition) is 2. The maximum Gasteiger partial charge on any atom is 0.449 e.